The number of ketones is 1. The van der Waals surface area contributed by atoms with Crippen molar-refractivity contribution in [1.82, 2.24) is 10.2 Å². The Morgan fingerprint density at radius 1 is 1.16 bits per heavy atom. The number of allylic oxidation sites excluding steroid dienone is 3. The molecular formula is C26H20Cl2N6O2S2. The smallest absolute Gasteiger partial charge is 0.234 e. The van der Waals surface area contributed by atoms with E-state index in [-0.39, 0.29) is 28.8 Å². The third-order valence-corrected chi connectivity index (χ3v) is 8.87. The minimum Gasteiger partial charge on any atom is -0.384 e. The number of carbonyl (C=O) groups excluding carboxylic acids is 2. The van der Waals surface area contributed by atoms with Gasteiger partial charge in [0.05, 0.1) is 23.3 Å². The molecule has 1 aromatic heterocycles. The van der Waals surface area contributed by atoms with E-state index in [0.29, 0.717) is 61.3 Å². The number of thioether (sulfide) groups is 1. The van der Waals surface area contributed by atoms with Crippen molar-refractivity contribution in [3.63, 3.8) is 0 Å². The first kappa shape index (κ1) is 26.3. The Hall–Kier alpha value is -3.36. The van der Waals surface area contributed by atoms with Crippen LogP contribution in [0.25, 0.3) is 0 Å². The third kappa shape index (κ3) is 5.02. The van der Waals surface area contributed by atoms with E-state index in [1.165, 1.54) is 23.1 Å². The molecule has 0 saturated heterocycles. The fourth-order valence-electron chi connectivity index (χ4n) is 4.58. The number of nitrogens with two attached hydrogens (primary N) is 1. The van der Waals surface area contributed by atoms with E-state index in [2.05, 4.69) is 21.6 Å². The lowest BCUT2D eigenvalue weighted by Gasteiger charge is -2.38. The molecule has 12 heteroatoms. The Morgan fingerprint density at radius 2 is 1.89 bits per heavy atom. The second-order valence-electron chi connectivity index (χ2n) is 8.50. The van der Waals surface area contributed by atoms with Gasteiger partial charge in [0, 0.05) is 39.0 Å². The van der Waals surface area contributed by atoms with Crippen LogP contribution in [-0.4, -0.2) is 27.6 Å². The summed E-state index contributed by atoms with van der Waals surface area (Å²) in [7, 11) is 0. The summed E-state index contributed by atoms with van der Waals surface area (Å²) < 4.78 is 0.551. The zero-order valence-electron chi connectivity index (χ0n) is 19.8. The quantitative estimate of drug-likeness (QED) is 0.345. The van der Waals surface area contributed by atoms with Gasteiger partial charge in [-0.25, -0.2) is 0 Å². The van der Waals surface area contributed by atoms with Gasteiger partial charge < -0.3 is 11.1 Å². The molecule has 0 saturated carbocycles. The van der Waals surface area contributed by atoms with Crippen molar-refractivity contribution in [3.8, 4) is 6.07 Å². The summed E-state index contributed by atoms with van der Waals surface area (Å²) in [6.07, 6.45) is 1.53. The Labute approximate surface area is 237 Å². The zero-order chi connectivity index (χ0) is 26.8. The first-order valence-electron chi connectivity index (χ1n) is 11.6. The van der Waals surface area contributed by atoms with Crippen molar-refractivity contribution in [2.45, 2.75) is 29.5 Å². The number of carbonyl (C=O) groups is 2. The average Bonchev–Trinajstić information content (AvgIpc) is 3.36. The molecule has 2 heterocycles. The van der Waals surface area contributed by atoms with Crippen molar-refractivity contribution in [2.75, 3.05) is 16.0 Å². The van der Waals surface area contributed by atoms with Crippen LogP contribution in [-0.2, 0) is 9.59 Å². The number of Topliss-reactive ketones (excluding diaryl/α,β-unsaturated/α-hetero) is 1. The summed E-state index contributed by atoms with van der Waals surface area (Å²) in [5, 5.41) is 22.6. The maximum atomic E-state index is 13.3. The monoisotopic (exact) mass is 582 g/mol. The lowest BCUT2D eigenvalue weighted by Crippen LogP contribution is -2.38. The van der Waals surface area contributed by atoms with Gasteiger partial charge in [0.25, 0.3) is 0 Å². The van der Waals surface area contributed by atoms with E-state index in [1.807, 2.05) is 30.3 Å². The number of aromatic nitrogens is 2. The fraction of sp³-hybridized carbons (Fsp3) is 0.192. The number of amides is 1. The fourth-order valence-corrected chi connectivity index (χ4v) is 6.87. The Bertz CT molecular complexity index is 1510. The predicted molar refractivity (Wildman–Crippen MR) is 150 cm³/mol. The Balaban J connectivity index is 1.47. The van der Waals surface area contributed by atoms with E-state index in [9.17, 15) is 14.9 Å². The first-order valence-corrected chi connectivity index (χ1v) is 14.2. The molecule has 38 heavy (non-hydrogen) atoms. The standard InChI is InChI=1S/C26H20Cl2N6O2S2/c27-16-8-4-9-17(28)22(16)21-15(12-29)24(30)34(18-10-5-11-19(35)23(18)21)25-32-33-26(38-25)37-13-20(36)31-14-6-2-1-3-7-14/h1-4,6-9,21H,5,10-11,13,30H2,(H,31,36). The Kier molecular flexibility index (Phi) is 7.72. The molecule has 3 aromatic rings. The molecular weight excluding hydrogens is 563 g/mol. The highest BCUT2D eigenvalue weighted by Crippen LogP contribution is 2.49. The van der Waals surface area contributed by atoms with Crippen LogP contribution in [0, 0.1) is 11.3 Å². The van der Waals surface area contributed by atoms with Gasteiger partial charge in [-0.2, -0.15) is 5.26 Å². The number of nitriles is 1. The van der Waals surface area contributed by atoms with Crippen LogP contribution in [0.4, 0.5) is 10.8 Å². The maximum Gasteiger partial charge on any atom is 0.234 e. The summed E-state index contributed by atoms with van der Waals surface area (Å²) in [4.78, 5) is 27.3. The van der Waals surface area contributed by atoms with Crippen LogP contribution in [0.5, 0.6) is 0 Å². The van der Waals surface area contributed by atoms with E-state index in [1.54, 1.807) is 23.1 Å². The van der Waals surface area contributed by atoms with Gasteiger partial charge in [-0.3, -0.25) is 14.5 Å². The van der Waals surface area contributed by atoms with Crippen LogP contribution in [0.2, 0.25) is 10.0 Å². The molecule has 8 nitrogen and oxygen atoms in total. The number of para-hydroxylation sites is 1. The van der Waals surface area contributed by atoms with E-state index in [4.69, 9.17) is 28.9 Å². The molecule has 192 valence electrons. The molecule has 1 amide bonds. The molecule has 1 aliphatic heterocycles. The predicted octanol–water partition coefficient (Wildman–Crippen LogP) is 5.88. The Morgan fingerprint density at radius 3 is 2.61 bits per heavy atom. The third-order valence-electron chi connectivity index (χ3n) is 6.17. The molecule has 0 radical (unpaired) electrons. The van der Waals surface area contributed by atoms with E-state index >= 15 is 0 Å². The number of nitrogens with zero attached hydrogens (tertiary/aromatic N) is 4. The lowest BCUT2D eigenvalue weighted by atomic mass is 9.75. The SMILES string of the molecule is N#CC1=C(N)N(c2nnc(SCC(=O)Nc3ccccc3)s2)C2=C(C(=O)CCC2)C1c1c(Cl)cccc1Cl. The number of benzene rings is 2. The van der Waals surface area contributed by atoms with Crippen LogP contribution < -0.4 is 16.0 Å². The molecule has 1 unspecified atom stereocenters. The number of hydrogen-bond donors (Lipinski definition) is 2. The summed E-state index contributed by atoms with van der Waals surface area (Å²) in [5.41, 5.74) is 9.05. The summed E-state index contributed by atoms with van der Waals surface area (Å²) >= 11 is 15.5. The number of hydrogen-bond acceptors (Lipinski definition) is 9. The van der Waals surface area contributed by atoms with Crippen LogP contribution in [0.1, 0.15) is 30.7 Å². The molecule has 2 aliphatic rings. The van der Waals surface area contributed by atoms with Crippen LogP contribution >= 0.6 is 46.3 Å². The van der Waals surface area contributed by atoms with Gasteiger partial charge in [-0.1, -0.05) is 70.6 Å². The van der Waals surface area contributed by atoms with Crippen molar-refractivity contribution >= 4 is 68.8 Å². The molecule has 3 N–H and O–H groups in total. The zero-order valence-corrected chi connectivity index (χ0v) is 22.9. The minimum atomic E-state index is -0.774. The minimum absolute atomic E-state index is 0.0887. The van der Waals surface area contributed by atoms with E-state index < -0.39 is 5.92 Å². The second kappa shape index (κ2) is 11.2. The van der Waals surface area contributed by atoms with Crippen LogP contribution in [0.15, 0.2) is 75.5 Å². The van der Waals surface area contributed by atoms with Gasteiger partial charge >= 0.3 is 0 Å². The van der Waals surface area contributed by atoms with Gasteiger partial charge in [0.2, 0.25) is 11.0 Å². The number of halogens is 2. The lowest BCUT2D eigenvalue weighted by molar-refractivity contribution is -0.116. The molecule has 1 aliphatic carbocycles. The van der Waals surface area contributed by atoms with Gasteiger partial charge in [0.1, 0.15) is 5.82 Å². The average molecular weight is 584 g/mol. The van der Waals surface area contributed by atoms with Crippen LogP contribution in [0.3, 0.4) is 0 Å². The largest absolute Gasteiger partial charge is 0.384 e. The second-order valence-corrected chi connectivity index (χ2v) is 11.5. The normalized spacial score (nSPS) is 17.3. The van der Waals surface area contributed by atoms with Gasteiger partial charge in [0.15, 0.2) is 10.1 Å². The van der Waals surface area contributed by atoms with E-state index in [0.717, 1.165) is 0 Å². The molecule has 2 aromatic carbocycles. The topological polar surface area (TPSA) is 125 Å². The molecule has 0 bridgehead atoms. The molecule has 1 atom stereocenters. The number of nitrogens with one attached hydrogen (secondary N) is 1. The van der Waals surface area contributed by atoms with Gasteiger partial charge in [-0.15, -0.1) is 10.2 Å². The van der Waals surface area contributed by atoms with Crippen molar-refractivity contribution in [3.05, 3.63) is 86.8 Å². The number of anilines is 2. The van der Waals surface area contributed by atoms with Crippen molar-refractivity contribution in [1.29, 1.82) is 5.26 Å². The highest BCUT2D eigenvalue weighted by atomic mass is 35.5. The first-order chi connectivity index (χ1) is 18.4. The summed E-state index contributed by atoms with van der Waals surface area (Å²) in [6, 6.07) is 16.4. The number of rotatable bonds is 6. The van der Waals surface area contributed by atoms with Crippen molar-refractivity contribution < 1.29 is 9.59 Å². The summed E-state index contributed by atoms with van der Waals surface area (Å²) in [5.74, 6) is -0.753. The molecule has 0 fully saturated rings. The molecule has 5 rings (SSSR count). The van der Waals surface area contributed by atoms with Gasteiger partial charge in [-0.05, 0) is 37.1 Å². The highest BCUT2D eigenvalue weighted by molar-refractivity contribution is 8.01. The van der Waals surface area contributed by atoms with Crippen molar-refractivity contribution in [2.24, 2.45) is 5.73 Å². The highest BCUT2D eigenvalue weighted by Gasteiger charge is 2.42. The summed E-state index contributed by atoms with van der Waals surface area (Å²) in [6.45, 7) is 0. The maximum absolute atomic E-state index is 13.3. The molecule has 0 spiro atoms.